The molecule has 6 heteroatoms. The maximum Gasteiger partial charge on any atom is 0.219 e. The molecule has 2 aromatic heterocycles. The van der Waals surface area contributed by atoms with Crippen molar-refractivity contribution >= 4 is 0 Å². The third kappa shape index (κ3) is 3.24. The second-order valence-corrected chi connectivity index (χ2v) is 7.14. The number of rotatable bonds is 4. The summed E-state index contributed by atoms with van der Waals surface area (Å²) in [5.74, 6) is 0.243. The van der Waals surface area contributed by atoms with Crippen molar-refractivity contribution in [2.24, 2.45) is 0 Å². The number of likely N-dealkylation sites (tertiary alicyclic amines) is 1. The van der Waals surface area contributed by atoms with Gasteiger partial charge in [0.2, 0.25) is 5.88 Å². The van der Waals surface area contributed by atoms with Gasteiger partial charge in [0.1, 0.15) is 0 Å². The van der Waals surface area contributed by atoms with Crippen molar-refractivity contribution in [2.75, 3.05) is 13.1 Å². The van der Waals surface area contributed by atoms with E-state index in [1.807, 2.05) is 19.9 Å². The monoisotopic (exact) mass is 351 g/mol. The molecule has 1 saturated heterocycles. The van der Waals surface area contributed by atoms with Crippen LogP contribution < -0.4 is 0 Å². The van der Waals surface area contributed by atoms with Crippen LogP contribution in [0.2, 0.25) is 0 Å². The first kappa shape index (κ1) is 16.8. The number of nitrogens with zero attached hydrogens (tertiary/aromatic N) is 4. The molecule has 0 aliphatic carbocycles. The van der Waals surface area contributed by atoms with Crippen LogP contribution in [-0.2, 0) is 6.54 Å². The Bertz CT molecular complexity index is 875. The largest absolute Gasteiger partial charge is 0.493 e. The minimum absolute atomic E-state index is 0.235. The average Bonchev–Trinajstić information content (AvgIpc) is 3.19. The van der Waals surface area contributed by atoms with E-state index in [0.717, 1.165) is 55.1 Å². The van der Waals surface area contributed by atoms with E-state index in [-0.39, 0.29) is 11.9 Å². The lowest BCUT2D eigenvalue weighted by molar-refractivity contribution is 0.167. The van der Waals surface area contributed by atoms with Gasteiger partial charge in [-0.2, -0.15) is 10.2 Å². The van der Waals surface area contributed by atoms with Crippen molar-refractivity contribution in [3.8, 4) is 17.1 Å². The highest BCUT2D eigenvalue weighted by molar-refractivity contribution is 5.67. The summed E-state index contributed by atoms with van der Waals surface area (Å²) in [5, 5.41) is 22.5. The molecule has 3 aromatic rings. The molecule has 0 saturated carbocycles. The lowest BCUT2D eigenvalue weighted by Crippen LogP contribution is -2.34. The van der Waals surface area contributed by atoms with E-state index in [2.05, 4.69) is 50.5 Å². The molecular formula is C20H25N5O. The second-order valence-electron chi connectivity index (χ2n) is 7.14. The van der Waals surface area contributed by atoms with Crippen molar-refractivity contribution in [1.29, 1.82) is 0 Å². The minimum Gasteiger partial charge on any atom is -0.493 e. The zero-order valence-electron chi connectivity index (χ0n) is 15.3. The van der Waals surface area contributed by atoms with Crippen molar-refractivity contribution in [3.05, 3.63) is 53.3 Å². The van der Waals surface area contributed by atoms with E-state index in [0.29, 0.717) is 0 Å². The molecule has 0 unspecified atom stereocenters. The predicted octanol–water partition coefficient (Wildman–Crippen LogP) is 3.43. The van der Waals surface area contributed by atoms with Crippen LogP contribution in [0.4, 0.5) is 0 Å². The summed E-state index contributed by atoms with van der Waals surface area (Å²) < 4.78 is 1.81. The molecule has 0 radical (unpaired) electrons. The maximum absolute atomic E-state index is 10.8. The summed E-state index contributed by atoms with van der Waals surface area (Å²) in [5.41, 5.74) is 4.67. The Hall–Kier alpha value is -2.60. The highest BCUT2D eigenvalue weighted by Gasteiger charge is 2.26. The quantitative estimate of drug-likeness (QED) is 0.755. The van der Waals surface area contributed by atoms with Gasteiger partial charge < -0.3 is 5.11 Å². The zero-order chi connectivity index (χ0) is 18.1. The first-order valence-corrected chi connectivity index (χ1v) is 9.18. The fourth-order valence-electron chi connectivity index (χ4n) is 3.82. The van der Waals surface area contributed by atoms with Crippen LogP contribution in [-0.4, -0.2) is 43.1 Å². The Morgan fingerprint density at radius 2 is 1.88 bits per heavy atom. The normalized spacial score (nSPS) is 16.2. The van der Waals surface area contributed by atoms with Gasteiger partial charge in [0.05, 0.1) is 28.7 Å². The van der Waals surface area contributed by atoms with Gasteiger partial charge in [-0.3, -0.25) is 10.00 Å². The molecule has 0 amide bonds. The Balaban J connectivity index is 1.46. The SMILES string of the molecule is Cc1cc(-c2c(C)nn(C3CCN(Cc4ccccc4)CC3)c2O)[nH]n1. The first-order valence-electron chi connectivity index (χ1n) is 9.18. The number of aromatic nitrogens is 4. The summed E-state index contributed by atoms with van der Waals surface area (Å²) in [4.78, 5) is 2.47. The van der Waals surface area contributed by atoms with Crippen molar-refractivity contribution in [3.63, 3.8) is 0 Å². The number of nitrogens with one attached hydrogen (secondary N) is 1. The highest BCUT2D eigenvalue weighted by atomic mass is 16.3. The average molecular weight is 351 g/mol. The van der Waals surface area contributed by atoms with Crippen LogP contribution in [0, 0.1) is 13.8 Å². The summed E-state index contributed by atoms with van der Waals surface area (Å²) in [7, 11) is 0. The van der Waals surface area contributed by atoms with E-state index in [1.54, 1.807) is 4.68 Å². The third-order valence-electron chi connectivity index (χ3n) is 5.19. The molecule has 2 N–H and O–H groups in total. The Morgan fingerprint density at radius 1 is 1.15 bits per heavy atom. The van der Waals surface area contributed by atoms with Gasteiger partial charge >= 0.3 is 0 Å². The summed E-state index contributed by atoms with van der Waals surface area (Å²) in [6, 6.07) is 12.8. The molecule has 6 nitrogen and oxygen atoms in total. The molecule has 26 heavy (non-hydrogen) atoms. The summed E-state index contributed by atoms with van der Waals surface area (Å²) in [6.07, 6.45) is 1.98. The second kappa shape index (κ2) is 6.96. The van der Waals surface area contributed by atoms with Gasteiger partial charge in [-0.15, -0.1) is 0 Å². The van der Waals surface area contributed by atoms with Crippen molar-refractivity contribution in [2.45, 2.75) is 39.3 Å². The van der Waals surface area contributed by atoms with Gasteiger partial charge in [0, 0.05) is 19.6 Å². The van der Waals surface area contributed by atoms with Gasteiger partial charge in [-0.05, 0) is 38.3 Å². The van der Waals surface area contributed by atoms with Crippen LogP contribution in [0.5, 0.6) is 5.88 Å². The molecule has 3 heterocycles. The Kier molecular flexibility index (Phi) is 4.51. The van der Waals surface area contributed by atoms with E-state index in [9.17, 15) is 5.11 Å². The molecule has 4 rings (SSSR count). The van der Waals surface area contributed by atoms with Gasteiger partial charge in [-0.1, -0.05) is 30.3 Å². The molecule has 1 fully saturated rings. The smallest absolute Gasteiger partial charge is 0.219 e. The number of aromatic hydroxyl groups is 1. The zero-order valence-corrected chi connectivity index (χ0v) is 15.3. The number of hydrogen-bond donors (Lipinski definition) is 2. The number of piperidine rings is 1. The molecule has 0 spiro atoms. The topological polar surface area (TPSA) is 70.0 Å². The van der Waals surface area contributed by atoms with Gasteiger partial charge in [0.15, 0.2) is 0 Å². The Labute approximate surface area is 153 Å². The molecular weight excluding hydrogens is 326 g/mol. The van der Waals surface area contributed by atoms with Crippen molar-refractivity contribution in [1.82, 2.24) is 24.9 Å². The lowest BCUT2D eigenvalue weighted by Gasteiger charge is -2.32. The van der Waals surface area contributed by atoms with Crippen LogP contribution in [0.15, 0.2) is 36.4 Å². The highest BCUT2D eigenvalue weighted by Crippen LogP contribution is 2.36. The molecule has 0 bridgehead atoms. The number of H-pyrrole nitrogens is 1. The summed E-state index contributed by atoms with van der Waals surface area (Å²) >= 11 is 0. The molecule has 0 atom stereocenters. The van der Waals surface area contributed by atoms with Crippen LogP contribution >= 0.6 is 0 Å². The van der Waals surface area contributed by atoms with Gasteiger partial charge in [-0.25, -0.2) is 4.68 Å². The first-order chi connectivity index (χ1) is 12.6. The number of aromatic amines is 1. The summed E-state index contributed by atoms with van der Waals surface area (Å²) in [6.45, 7) is 6.87. The van der Waals surface area contributed by atoms with E-state index < -0.39 is 0 Å². The fraction of sp³-hybridized carbons (Fsp3) is 0.400. The van der Waals surface area contributed by atoms with Gasteiger partial charge in [0.25, 0.3) is 0 Å². The third-order valence-corrected chi connectivity index (χ3v) is 5.19. The number of aryl methyl sites for hydroxylation is 2. The van der Waals surface area contributed by atoms with Crippen LogP contribution in [0.3, 0.4) is 0 Å². The van der Waals surface area contributed by atoms with Crippen LogP contribution in [0.25, 0.3) is 11.3 Å². The van der Waals surface area contributed by atoms with Crippen LogP contribution in [0.1, 0.15) is 35.8 Å². The Morgan fingerprint density at radius 3 is 2.54 bits per heavy atom. The minimum atomic E-state index is 0.235. The van der Waals surface area contributed by atoms with E-state index in [4.69, 9.17) is 0 Å². The van der Waals surface area contributed by atoms with Crippen molar-refractivity contribution < 1.29 is 5.11 Å². The number of hydrogen-bond acceptors (Lipinski definition) is 4. The molecule has 1 aliphatic rings. The standard InChI is InChI=1S/C20H25N5O/c1-14-12-18(22-21-14)19-15(2)23-25(20(19)26)17-8-10-24(11-9-17)13-16-6-4-3-5-7-16/h3-7,12,17,26H,8-11,13H2,1-2H3,(H,21,22). The predicted molar refractivity (Wildman–Crippen MR) is 101 cm³/mol. The van der Waals surface area contributed by atoms with E-state index in [1.165, 1.54) is 5.56 Å². The molecule has 1 aromatic carbocycles. The lowest BCUT2D eigenvalue weighted by atomic mass is 10.0. The fourth-order valence-corrected chi connectivity index (χ4v) is 3.82. The van der Waals surface area contributed by atoms with E-state index >= 15 is 0 Å². The maximum atomic E-state index is 10.8. The molecule has 136 valence electrons. The number of benzene rings is 1. The molecule has 1 aliphatic heterocycles.